The predicted molar refractivity (Wildman–Crippen MR) is 96.8 cm³/mol. The van der Waals surface area contributed by atoms with E-state index in [1.54, 1.807) is 39.8 Å². The molecule has 1 aliphatic rings. The van der Waals surface area contributed by atoms with Crippen molar-refractivity contribution in [2.45, 2.75) is 46.5 Å². The Hall–Kier alpha value is -2.55. The SMILES string of the molecule is CCC(=O)NC1Cc2cccc(C(=O)OCOC(=O)C(C)(C)C)c2OB1O. The van der Waals surface area contributed by atoms with E-state index in [2.05, 4.69) is 5.32 Å². The van der Waals surface area contributed by atoms with E-state index in [1.165, 1.54) is 6.07 Å². The standard InChI is InChI=1S/C18H24BNO7/c1-5-14(21)20-13-9-11-7-6-8-12(15(11)27-19(13)24)16(22)25-10-26-17(23)18(2,3)4/h6-8,13,24H,5,9-10H2,1-4H3,(H,20,21). The van der Waals surface area contributed by atoms with Gasteiger partial charge in [-0.1, -0.05) is 19.1 Å². The topological polar surface area (TPSA) is 111 Å². The summed E-state index contributed by atoms with van der Waals surface area (Å²) >= 11 is 0. The molecule has 0 bridgehead atoms. The van der Waals surface area contributed by atoms with Crippen LogP contribution in [0.1, 0.15) is 50.0 Å². The second-order valence-electron chi connectivity index (χ2n) is 7.27. The molecule has 1 aromatic rings. The number of amides is 1. The van der Waals surface area contributed by atoms with Gasteiger partial charge in [-0.3, -0.25) is 9.59 Å². The van der Waals surface area contributed by atoms with Gasteiger partial charge in [0.25, 0.3) is 0 Å². The van der Waals surface area contributed by atoms with Crippen molar-refractivity contribution in [3.8, 4) is 5.75 Å². The Morgan fingerprint density at radius 3 is 2.63 bits per heavy atom. The average Bonchev–Trinajstić information content (AvgIpc) is 2.60. The molecule has 146 valence electrons. The van der Waals surface area contributed by atoms with Crippen LogP contribution in [0.15, 0.2) is 18.2 Å². The van der Waals surface area contributed by atoms with E-state index in [-0.39, 0.29) is 23.6 Å². The molecule has 1 aromatic carbocycles. The normalized spacial score (nSPS) is 16.0. The van der Waals surface area contributed by atoms with Gasteiger partial charge in [0, 0.05) is 6.42 Å². The number of carbonyl (C=O) groups is 3. The third kappa shape index (κ3) is 5.23. The van der Waals surface area contributed by atoms with Gasteiger partial charge < -0.3 is 24.5 Å². The van der Waals surface area contributed by atoms with E-state index in [0.717, 1.165) is 0 Å². The summed E-state index contributed by atoms with van der Waals surface area (Å²) in [6.45, 7) is 6.26. The first-order chi connectivity index (χ1) is 12.6. The number of esters is 2. The second kappa shape index (κ2) is 8.43. The molecule has 27 heavy (non-hydrogen) atoms. The molecule has 1 aliphatic heterocycles. The van der Waals surface area contributed by atoms with Crippen LogP contribution >= 0.6 is 0 Å². The third-order valence-corrected chi connectivity index (χ3v) is 4.00. The Balaban J connectivity index is 2.06. The number of carbonyl (C=O) groups excluding carboxylic acids is 3. The number of ether oxygens (including phenoxy) is 2. The molecule has 1 atom stereocenters. The number of benzene rings is 1. The number of para-hydroxylation sites is 1. The van der Waals surface area contributed by atoms with Crippen molar-refractivity contribution >= 4 is 25.0 Å². The van der Waals surface area contributed by atoms with Gasteiger partial charge in [-0.15, -0.1) is 0 Å². The van der Waals surface area contributed by atoms with Crippen LogP contribution in [0.3, 0.4) is 0 Å². The van der Waals surface area contributed by atoms with Gasteiger partial charge in [0.15, 0.2) is 0 Å². The lowest BCUT2D eigenvalue weighted by Crippen LogP contribution is -2.53. The maximum atomic E-state index is 12.3. The van der Waals surface area contributed by atoms with Gasteiger partial charge in [-0.25, -0.2) is 4.79 Å². The Morgan fingerprint density at radius 2 is 2.00 bits per heavy atom. The van der Waals surface area contributed by atoms with Crippen molar-refractivity contribution in [3.05, 3.63) is 29.3 Å². The Labute approximate surface area is 158 Å². The van der Waals surface area contributed by atoms with E-state index in [9.17, 15) is 19.4 Å². The van der Waals surface area contributed by atoms with Crippen molar-refractivity contribution in [1.82, 2.24) is 5.32 Å². The first kappa shape index (κ1) is 20.8. The number of hydrogen-bond donors (Lipinski definition) is 2. The van der Waals surface area contributed by atoms with Crippen LogP contribution in [-0.2, 0) is 25.5 Å². The van der Waals surface area contributed by atoms with Gasteiger partial charge in [0.05, 0.1) is 11.4 Å². The van der Waals surface area contributed by atoms with E-state index in [0.29, 0.717) is 12.0 Å². The molecule has 9 heteroatoms. The van der Waals surface area contributed by atoms with Crippen LogP contribution in [0.25, 0.3) is 0 Å². The van der Waals surface area contributed by atoms with E-state index in [1.807, 2.05) is 0 Å². The highest BCUT2D eigenvalue weighted by molar-refractivity contribution is 6.47. The number of rotatable bonds is 5. The van der Waals surface area contributed by atoms with Crippen LogP contribution in [0.2, 0.25) is 0 Å². The largest absolute Gasteiger partial charge is 0.547 e. The lowest BCUT2D eigenvalue weighted by Gasteiger charge is -2.29. The van der Waals surface area contributed by atoms with Crippen LogP contribution < -0.4 is 9.97 Å². The van der Waals surface area contributed by atoms with Crippen LogP contribution in [0.4, 0.5) is 0 Å². The molecule has 0 spiro atoms. The molecule has 0 saturated carbocycles. The zero-order valence-electron chi connectivity index (χ0n) is 15.9. The van der Waals surface area contributed by atoms with Crippen LogP contribution in [0, 0.1) is 5.41 Å². The first-order valence-electron chi connectivity index (χ1n) is 8.73. The number of nitrogens with one attached hydrogen (secondary N) is 1. The first-order valence-corrected chi connectivity index (χ1v) is 8.73. The summed E-state index contributed by atoms with van der Waals surface area (Å²) in [6, 6.07) is 4.88. The summed E-state index contributed by atoms with van der Waals surface area (Å²) in [5.74, 6) is -1.85. The maximum absolute atomic E-state index is 12.3. The molecule has 1 heterocycles. The summed E-state index contributed by atoms with van der Waals surface area (Å²) in [4.78, 5) is 35.6. The molecule has 0 aromatic heterocycles. The fourth-order valence-corrected chi connectivity index (χ4v) is 2.45. The molecular formula is C18H24BNO7. The zero-order chi connectivity index (χ0) is 20.2. The highest BCUT2D eigenvalue weighted by atomic mass is 16.7. The Kier molecular flexibility index (Phi) is 6.48. The van der Waals surface area contributed by atoms with E-state index < -0.39 is 37.2 Å². The molecule has 0 saturated heterocycles. The smallest absolute Gasteiger partial charge is 0.534 e. The van der Waals surface area contributed by atoms with Gasteiger partial charge in [-0.2, -0.15) is 0 Å². The average molecular weight is 377 g/mol. The van der Waals surface area contributed by atoms with Crippen molar-refractivity contribution in [1.29, 1.82) is 0 Å². The summed E-state index contributed by atoms with van der Waals surface area (Å²) in [6.07, 6.45) is 0.595. The lowest BCUT2D eigenvalue weighted by molar-refractivity contribution is -0.161. The minimum absolute atomic E-state index is 0.110. The summed E-state index contributed by atoms with van der Waals surface area (Å²) in [5.41, 5.74) is 0.0604. The molecule has 2 N–H and O–H groups in total. The summed E-state index contributed by atoms with van der Waals surface area (Å²) < 4.78 is 15.4. The number of fused-ring (bicyclic) bond motifs is 1. The van der Waals surface area contributed by atoms with Gasteiger partial charge in [0.2, 0.25) is 12.7 Å². The lowest BCUT2D eigenvalue weighted by atomic mass is 9.72. The molecule has 0 radical (unpaired) electrons. The molecular weight excluding hydrogens is 353 g/mol. The zero-order valence-corrected chi connectivity index (χ0v) is 15.9. The summed E-state index contributed by atoms with van der Waals surface area (Å²) in [7, 11) is -1.29. The quantitative estimate of drug-likeness (QED) is 0.451. The van der Waals surface area contributed by atoms with Gasteiger partial charge in [0.1, 0.15) is 11.3 Å². The van der Waals surface area contributed by atoms with Gasteiger partial charge in [-0.05, 0) is 38.8 Å². The molecule has 2 rings (SSSR count). The minimum Gasteiger partial charge on any atom is -0.534 e. The van der Waals surface area contributed by atoms with E-state index in [4.69, 9.17) is 14.1 Å². The second-order valence-corrected chi connectivity index (χ2v) is 7.27. The fourth-order valence-electron chi connectivity index (χ4n) is 2.45. The van der Waals surface area contributed by atoms with Crippen molar-refractivity contribution in [3.63, 3.8) is 0 Å². The van der Waals surface area contributed by atoms with Crippen LogP contribution in [0.5, 0.6) is 5.75 Å². The van der Waals surface area contributed by atoms with Gasteiger partial charge >= 0.3 is 19.1 Å². The monoisotopic (exact) mass is 377 g/mol. The molecule has 8 nitrogen and oxygen atoms in total. The summed E-state index contributed by atoms with van der Waals surface area (Å²) in [5, 5.41) is 12.8. The molecule has 1 amide bonds. The van der Waals surface area contributed by atoms with Crippen molar-refractivity contribution in [2.75, 3.05) is 6.79 Å². The maximum Gasteiger partial charge on any atom is 0.547 e. The predicted octanol–water partition coefficient (Wildman–Crippen LogP) is 1.24. The van der Waals surface area contributed by atoms with Crippen LogP contribution in [-0.4, -0.2) is 42.7 Å². The molecule has 0 fully saturated rings. The molecule has 0 aliphatic carbocycles. The number of hydrogen-bond acceptors (Lipinski definition) is 7. The highest BCUT2D eigenvalue weighted by Crippen LogP contribution is 2.30. The van der Waals surface area contributed by atoms with E-state index >= 15 is 0 Å². The molecule has 1 unspecified atom stereocenters. The Morgan fingerprint density at radius 1 is 1.30 bits per heavy atom. The minimum atomic E-state index is -1.29. The van der Waals surface area contributed by atoms with Crippen molar-refractivity contribution < 1.29 is 33.5 Å². The fraction of sp³-hybridized carbons (Fsp3) is 0.500. The third-order valence-electron chi connectivity index (χ3n) is 4.00. The Bertz CT molecular complexity index is 729. The van der Waals surface area contributed by atoms with Crippen molar-refractivity contribution in [2.24, 2.45) is 5.41 Å². The highest BCUT2D eigenvalue weighted by Gasteiger charge is 2.37.